The molecule has 0 spiro atoms. The van der Waals surface area contributed by atoms with Gasteiger partial charge in [-0.15, -0.1) is 0 Å². The second-order valence-corrected chi connectivity index (χ2v) is 9.06. The SMILES string of the molecule is CC1=Nc2c(cc(S(=O)(=O)O)c3cc(S(=O)(=O)O)ccc23)C1(C)C. The van der Waals surface area contributed by atoms with Gasteiger partial charge < -0.3 is 0 Å². The van der Waals surface area contributed by atoms with Crippen molar-refractivity contribution in [2.75, 3.05) is 0 Å². The maximum atomic E-state index is 11.8. The molecular weight excluding hydrogens is 354 g/mol. The molecule has 0 amide bonds. The second-order valence-electron chi connectivity index (χ2n) is 6.25. The van der Waals surface area contributed by atoms with Crippen molar-refractivity contribution >= 4 is 42.4 Å². The van der Waals surface area contributed by atoms with E-state index >= 15 is 0 Å². The first-order chi connectivity index (χ1) is 10.8. The van der Waals surface area contributed by atoms with Crippen molar-refractivity contribution in [2.45, 2.75) is 36.0 Å². The van der Waals surface area contributed by atoms with Gasteiger partial charge in [0.25, 0.3) is 20.2 Å². The van der Waals surface area contributed by atoms with Gasteiger partial charge in [-0.05, 0) is 30.7 Å². The Morgan fingerprint density at radius 2 is 1.58 bits per heavy atom. The molecule has 0 aromatic heterocycles. The largest absolute Gasteiger partial charge is 0.295 e. The molecule has 7 nitrogen and oxygen atoms in total. The Morgan fingerprint density at radius 1 is 0.958 bits per heavy atom. The van der Waals surface area contributed by atoms with Crippen molar-refractivity contribution in [3.8, 4) is 0 Å². The van der Waals surface area contributed by atoms with Crippen LogP contribution in [0.2, 0.25) is 0 Å². The lowest BCUT2D eigenvalue weighted by molar-refractivity contribution is 0.480. The molecule has 2 aromatic carbocycles. The summed E-state index contributed by atoms with van der Waals surface area (Å²) in [7, 11) is -9.12. The van der Waals surface area contributed by atoms with Crippen molar-refractivity contribution in [1.29, 1.82) is 0 Å². The first-order valence-corrected chi connectivity index (χ1v) is 9.83. The molecule has 9 heteroatoms. The van der Waals surface area contributed by atoms with Gasteiger partial charge in [0, 0.05) is 21.9 Å². The predicted octanol–water partition coefficient (Wildman–Crippen LogP) is 2.72. The van der Waals surface area contributed by atoms with Crippen LogP contribution < -0.4 is 0 Å². The molecule has 3 rings (SSSR count). The minimum absolute atomic E-state index is 0.0133. The highest BCUT2D eigenvalue weighted by Crippen LogP contribution is 2.46. The van der Waals surface area contributed by atoms with Gasteiger partial charge in [0.2, 0.25) is 0 Å². The van der Waals surface area contributed by atoms with Gasteiger partial charge in [-0.2, -0.15) is 16.8 Å². The lowest BCUT2D eigenvalue weighted by Crippen LogP contribution is -2.23. The van der Waals surface area contributed by atoms with E-state index < -0.39 is 35.4 Å². The topological polar surface area (TPSA) is 121 Å². The molecule has 24 heavy (non-hydrogen) atoms. The number of fused-ring (bicyclic) bond motifs is 3. The van der Waals surface area contributed by atoms with E-state index in [1.54, 1.807) is 0 Å². The second kappa shape index (κ2) is 4.85. The highest BCUT2D eigenvalue weighted by atomic mass is 32.2. The molecule has 0 radical (unpaired) electrons. The van der Waals surface area contributed by atoms with Gasteiger partial charge in [0.05, 0.1) is 10.6 Å². The summed E-state index contributed by atoms with van der Waals surface area (Å²) in [6.45, 7) is 5.57. The highest BCUT2D eigenvalue weighted by Gasteiger charge is 2.35. The Kier molecular flexibility index (Phi) is 3.44. The van der Waals surface area contributed by atoms with Crippen molar-refractivity contribution in [3.63, 3.8) is 0 Å². The zero-order valence-electron chi connectivity index (χ0n) is 13.1. The van der Waals surface area contributed by atoms with Gasteiger partial charge >= 0.3 is 0 Å². The summed E-state index contributed by atoms with van der Waals surface area (Å²) in [4.78, 5) is 3.60. The summed E-state index contributed by atoms with van der Waals surface area (Å²) in [6.07, 6.45) is 0. The van der Waals surface area contributed by atoms with E-state index in [0.29, 0.717) is 16.6 Å². The Hall–Kier alpha value is -1.81. The first-order valence-electron chi connectivity index (χ1n) is 6.95. The maximum Gasteiger partial charge on any atom is 0.295 e. The lowest BCUT2D eigenvalue weighted by atomic mass is 9.81. The van der Waals surface area contributed by atoms with Crippen LogP contribution in [0.3, 0.4) is 0 Å². The minimum atomic E-state index is -4.61. The van der Waals surface area contributed by atoms with Crippen molar-refractivity contribution in [3.05, 3.63) is 29.8 Å². The van der Waals surface area contributed by atoms with Crippen molar-refractivity contribution < 1.29 is 25.9 Å². The van der Waals surface area contributed by atoms with Crippen molar-refractivity contribution in [2.24, 2.45) is 4.99 Å². The number of rotatable bonds is 2. The fraction of sp³-hybridized carbons (Fsp3) is 0.267. The number of hydrogen-bond donors (Lipinski definition) is 2. The molecule has 2 N–H and O–H groups in total. The molecule has 0 bridgehead atoms. The average molecular weight is 369 g/mol. The molecule has 0 saturated heterocycles. The molecule has 0 atom stereocenters. The fourth-order valence-electron chi connectivity index (χ4n) is 2.83. The van der Waals surface area contributed by atoms with E-state index in [9.17, 15) is 25.9 Å². The molecule has 0 aliphatic carbocycles. The van der Waals surface area contributed by atoms with Crippen molar-refractivity contribution in [1.82, 2.24) is 0 Å². The maximum absolute atomic E-state index is 11.8. The third-order valence-corrected chi connectivity index (χ3v) is 6.22. The highest BCUT2D eigenvalue weighted by molar-refractivity contribution is 7.86. The summed E-state index contributed by atoms with van der Waals surface area (Å²) in [5.74, 6) is 0. The van der Waals surface area contributed by atoms with Crippen LogP contribution in [-0.2, 0) is 25.7 Å². The Balaban J connectivity index is 2.54. The molecular formula is C15H15NO6S2. The first kappa shape index (κ1) is 17.0. The zero-order valence-corrected chi connectivity index (χ0v) is 14.7. The van der Waals surface area contributed by atoms with Gasteiger partial charge in [0.15, 0.2) is 0 Å². The van der Waals surface area contributed by atoms with Gasteiger partial charge in [0.1, 0.15) is 4.90 Å². The van der Waals surface area contributed by atoms with Gasteiger partial charge in [-0.3, -0.25) is 14.1 Å². The molecule has 1 aliphatic rings. The van der Waals surface area contributed by atoms with Crippen LogP contribution >= 0.6 is 0 Å². The van der Waals surface area contributed by atoms with E-state index in [-0.39, 0.29) is 5.39 Å². The van der Waals surface area contributed by atoms with E-state index in [2.05, 4.69) is 4.99 Å². The monoisotopic (exact) mass is 369 g/mol. The third-order valence-electron chi connectivity index (χ3n) is 4.48. The average Bonchev–Trinajstić information content (AvgIpc) is 2.66. The summed E-state index contributed by atoms with van der Waals surface area (Å²) in [6, 6.07) is 4.87. The number of hydrogen-bond acceptors (Lipinski definition) is 5. The molecule has 1 heterocycles. The predicted molar refractivity (Wildman–Crippen MR) is 89.4 cm³/mol. The third kappa shape index (κ3) is 2.44. The quantitative estimate of drug-likeness (QED) is 0.785. The van der Waals surface area contributed by atoms with E-state index in [0.717, 1.165) is 11.8 Å². The summed E-state index contributed by atoms with van der Waals surface area (Å²) in [5, 5.41) is 0.373. The van der Waals surface area contributed by atoms with E-state index in [4.69, 9.17) is 0 Å². The summed E-state index contributed by atoms with van der Waals surface area (Å²) in [5.41, 5.74) is 1.40. The van der Waals surface area contributed by atoms with Crippen LogP contribution in [0.4, 0.5) is 5.69 Å². The van der Waals surface area contributed by atoms with Crippen LogP contribution in [-0.4, -0.2) is 31.7 Å². The van der Waals surface area contributed by atoms with E-state index in [1.807, 2.05) is 20.8 Å². The molecule has 0 fully saturated rings. The van der Waals surface area contributed by atoms with Gasteiger partial charge in [-0.25, -0.2) is 0 Å². The summed E-state index contributed by atoms with van der Waals surface area (Å²) >= 11 is 0. The molecule has 2 aromatic rings. The minimum Gasteiger partial charge on any atom is -0.282 e. The number of benzene rings is 2. The number of nitrogens with zero attached hydrogens (tertiary/aromatic N) is 1. The smallest absolute Gasteiger partial charge is 0.282 e. The Labute approximate surface area is 139 Å². The van der Waals surface area contributed by atoms with Crippen LogP contribution in [0, 0.1) is 0 Å². The van der Waals surface area contributed by atoms with Crippen LogP contribution in [0.15, 0.2) is 39.0 Å². The summed E-state index contributed by atoms with van der Waals surface area (Å²) < 4.78 is 65.1. The molecule has 0 unspecified atom stereocenters. The van der Waals surface area contributed by atoms with Crippen LogP contribution in [0.25, 0.3) is 10.8 Å². The normalized spacial score (nSPS) is 17.0. The Bertz CT molecular complexity index is 1130. The molecule has 1 aliphatic heterocycles. The molecule has 0 saturated carbocycles. The van der Waals surface area contributed by atoms with Gasteiger partial charge in [-0.1, -0.05) is 19.9 Å². The Morgan fingerprint density at radius 3 is 2.12 bits per heavy atom. The van der Waals surface area contributed by atoms with Crippen LogP contribution in [0.5, 0.6) is 0 Å². The zero-order chi connectivity index (χ0) is 18.1. The standard InChI is InChI=1S/C15H15NO6S2/c1-8-15(2,3)12-7-13(24(20,21)22)11-6-9(23(17,18)19)4-5-10(11)14(12)16-8/h4-7H,1-3H3,(H,17,18,19)(H,20,21,22). The number of aliphatic imine (C=N–C) groups is 1. The van der Waals surface area contributed by atoms with E-state index in [1.165, 1.54) is 18.2 Å². The molecule has 128 valence electrons. The lowest BCUT2D eigenvalue weighted by Gasteiger charge is -2.21. The van der Waals surface area contributed by atoms with Crippen LogP contribution in [0.1, 0.15) is 26.3 Å². The fourth-order valence-corrected chi connectivity index (χ4v) is 4.05.